The van der Waals surface area contributed by atoms with Gasteiger partial charge in [-0.1, -0.05) is 43.5 Å². The number of carbonyl (C=O) groups excluding carboxylic acids is 1. The van der Waals surface area contributed by atoms with Crippen LogP contribution in [0.15, 0.2) is 42.5 Å². The summed E-state index contributed by atoms with van der Waals surface area (Å²) in [6.07, 6.45) is 5.52. The molecular formula is C28H36F2N2O3. The van der Waals surface area contributed by atoms with Crippen molar-refractivity contribution in [3.63, 3.8) is 0 Å². The van der Waals surface area contributed by atoms with Crippen LogP contribution in [-0.2, 0) is 21.5 Å². The Morgan fingerprint density at radius 1 is 1.14 bits per heavy atom. The Hall–Kier alpha value is -2.35. The van der Waals surface area contributed by atoms with Crippen molar-refractivity contribution in [3.8, 4) is 0 Å². The van der Waals surface area contributed by atoms with E-state index in [9.17, 15) is 18.7 Å². The van der Waals surface area contributed by atoms with Crippen LogP contribution in [-0.4, -0.2) is 42.9 Å². The van der Waals surface area contributed by atoms with E-state index in [1.54, 1.807) is 0 Å². The molecule has 0 aromatic heterocycles. The van der Waals surface area contributed by atoms with Crippen LogP contribution in [0.25, 0.3) is 0 Å². The first-order chi connectivity index (χ1) is 16.8. The van der Waals surface area contributed by atoms with Crippen molar-refractivity contribution in [2.75, 3.05) is 19.8 Å². The van der Waals surface area contributed by atoms with E-state index >= 15 is 0 Å². The van der Waals surface area contributed by atoms with Gasteiger partial charge in [0.2, 0.25) is 5.91 Å². The Bertz CT molecular complexity index is 983. The van der Waals surface area contributed by atoms with E-state index in [0.29, 0.717) is 11.5 Å². The topological polar surface area (TPSA) is 70.6 Å². The van der Waals surface area contributed by atoms with Crippen molar-refractivity contribution in [3.05, 3.63) is 70.8 Å². The minimum absolute atomic E-state index is 0.126. The first-order valence-corrected chi connectivity index (χ1v) is 12.7. The zero-order valence-electron chi connectivity index (χ0n) is 20.4. The molecule has 2 fully saturated rings. The lowest BCUT2D eigenvalue weighted by molar-refractivity contribution is -0.120. The molecule has 1 aliphatic heterocycles. The standard InChI is InChI=1S/C28H36F2N2O3/c1-19(33)32-26(14-20-12-24(29)16-25(30)13-20)27(34)17-31-28(9-3-2-4-10-28)23-7-5-6-21(15-23)22-8-11-35-18-22/h5-7,12-13,15-16,22,26-27,31,34H,2-4,8-11,14,17-18H2,1H3,(H,32,33)/t22?,26-,27+/m0/s1. The average molecular weight is 487 g/mol. The predicted octanol–water partition coefficient (Wildman–Crippen LogP) is 4.33. The van der Waals surface area contributed by atoms with Gasteiger partial charge < -0.3 is 20.5 Å². The van der Waals surface area contributed by atoms with E-state index in [1.165, 1.54) is 36.6 Å². The molecule has 1 amide bonds. The summed E-state index contributed by atoms with van der Waals surface area (Å²) < 4.78 is 33.0. The lowest BCUT2D eigenvalue weighted by Gasteiger charge is -2.40. The molecular weight excluding hydrogens is 450 g/mol. The number of carbonyl (C=O) groups is 1. The molecule has 0 radical (unpaired) electrons. The molecule has 7 heteroatoms. The van der Waals surface area contributed by atoms with Gasteiger partial charge in [-0.2, -0.15) is 0 Å². The number of hydrogen-bond donors (Lipinski definition) is 3. The molecule has 4 rings (SSSR count). The molecule has 2 aliphatic rings. The monoisotopic (exact) mass is 486 g/mol. The Balaban J connectivity index is 1.51. The van der Waals surface area contributed by atoms with Gasteiger partial charge in [0.25, 0.3) is 0 Å². The second kappa shape index (κ2) is 11.6. The predicted molar refractivity (Wildman–Crippen MR) is 131 cm³/mol. The molecule has 0 spiro atoms. The van der Waals surface area contributed by atoms with Crippen LogP contribution in [0.1, 0.15) is 68.1 Å². The molecule has 1 heterocycles. The number of amides is 1. The molecule has 1 aliphatic carbocycles. The Morgan fingerprint density at radius 2 is 1.89 bits per heavy atom. The summed E-state index contributed by atoms with van der Waals surface area (Å²) in [5.74, 6) is -1.24. The van der Waals surface area contributed by atoms with Crippen LogP contribution >= 0.6 is 0 Å². The molecule has 2 aromatic carbocycles. The first kappa shape index (κ1) is 25.7. The Labute approximate surface area is 206 Å². The number of aliphatic hydroxyl groups excluding tert-OH is 1. The third kappa shape index (κ3) is 6.66. The summed E-state index contributed by atoms with van der Waals surface area (Å²) in [6.45, 7) is 3.17. The summed E-state index contributed by atoms with van der Waals surface area (Å²) in [4.78, 5) is 11.8. The second-order valence-corrected chi connectivity index (χ2v) is 10.1. The number of rotatable bonds is 9. The van der Waals surface area contributed by atoms with Crippen LogP contribution in [0.4, 0.5) is 8.78 Å². The molecule has 3 atom stereocenters. The van der Waals surface area contributed by atoms with Crippen LogP contribution in [0, 0.1) is 11.6 Å². The highest BCUT2D eigenvalue weighted by atomic mass is 19.1. The fourth-order valence-corrected chi connectivity index (χ4v) is 5.58. The van der Waals surface area contributed by atoms with Crippen LogP contribution in [0.5, 0.6) is 0 Å². The lowest BCUT2D eigenvalue weighted by atomic mass is 9.75. The maximum Gasteiger partial charge on any atom is 0.217 e. The number of aliphatic hydroxyl groups is 1. The Morgan fingerprint density at radius 3 is 2.54 bits per heavy atom. The van der Waals surface area contributed by atoms with E-state index in [-0.39, 0.29) is 24.4 Å². The smallest absolute Gasteiger partial charge is 0.217 e. The maximum atomic E-state index is 13.7. The minimum Gasteiger partial charge on any atom is -0.390 e. The van der Waals surface area contributed by atoms with Crippen LogP contribution in [0.2, 0.25) is 0 Å². The fraction of sp³-hybridized carbons (Fsp3) is 0.536. The van der Waals surface area contributed by atoms with E-state index in [1.807, 2.05) is 0 Å². The average Bonchev–Trinajstić information content (AvgIpc) is 3.37. The zero-order valence-corrected chi connectivity index (χ0v) is 20.4. The van der Waals surface area contributed by atoms with Crippen molar-refractivity contribution in [2.45, 2.75) is 75.5 Å². The third-order valence-electron chi connectivity index (χ3n) is 7.43. The van der Waals surface area contributed by atoms with Gasteiger partial charge in [0.15, 0.2) is 0 Å². The van der Waals surface area contributed by atoms with E-state index in [2.05, 4.69) is 34.9 Å². The zero-order chi connectivity index (χ0) is 24.8. The van der Waals surface area contributed by atoms with Crippen molar-refractivity contribution in [1.82, 2.24) is 10.6 Å². The second-order valence-electron chi connectivity index (χ2n) is 10.1. The summed E-state index contributed by atoms with van der Waals surface area (Å²) in [7, 11) is 0. The van der Waals surface area contributed by atoms with E-state index in [0.717, 1.165) is 51.4 Å². The minimum atomic E-state index is -0.935. The highest BCUT2D eigenvalue weighted by molar-refractivity contribution is 5.73. The molecule has 3 N–H and O–H groups in total. The van der Waals surface area contributed by atoms with Crippen molar-refractivity contribution in [2.24, 2.45) is 0 Å². The number of halogens is 2. The molecule has 1 saturated heterocycles. The maximum absolute atomic E-state index is 13.7. The van der Waals surface area contributed by atoms with Gasteiger partial charge >= 0.3 is 0 Å². The number of nitrogens with one attached hydrogen (secondary N) is 2. The summed E-state index contributed by atoms with van der Waals surface area (Å²) in [5.41, 5.74) is 2.63. The summed E-state index contributed by atoms with van der Waals surface area (Å²) in [5, 5.41) is 17.5. The first-order valence-electron chi connectivity index (χ1n) is 12.7. The molecule has 0 bridgehead atoms. The number of ether oxygens (including phenoxy) is 1. The van der Waals surface area contributed by atoms with Crippen LogP contribution in [0.3, 0.4) is 0 Å². The molecule has 35 heavy (non-hydrogen) atoms. The molecule has 1 unspecified atom stereocenters. The quantitative estimate of drug-likeness (QED) is 0.494. The summed E-state index contributed by atoms with van der Waals surface area (Å²) >= 11 is 0. The SMILES string of the molecule is CC(=O)N[C@@H](Cc1cc(F)cc(F)c1)[C@H](O)CNC1(c2cccc(C3CCOC3)c2)CCCCC1. The van der Waals surface area contributed by atoms with Gasteiger partial charge in [-0.05, 0) is 54.5 Å². The number of hydrogen-bond acceptors (Lipinski definition) is 4. The normalized spacial score (nSPS) is 21.4. The fourth-order valence-electron chi connectivity index (χ4n) is 5.58. The molecule has 2 aromatic rings. The van der Waals surface area contributed by atoms with Crippen molar-refractivity contribution >= 4 is 5.91 Å². The van der Waals surface area contributed by atoms with E-state index < -0.39 is 23.8 Å². The largest absolute Gasteiger partial charge is 0.390 e. The van der Waals surface area contributed by atoms with Gasteiger partial charge in [-0.3, -0.25) is 4.79 Å². The van der Waals surface area contributed by atoms with Crippen molar-refractivity contribution in [1.29, 1.82) is 0 Å². The van der Waals surface area contributed by atoms with Gasteiger partial charge in [0, 0.05) is 37.6 Å². The third-order valence-corrected chi connectivity index (χ3v) is 7.43. The molecule has 1 saturated carbocycles. The summed E-state index contributed by atoms with van der Waals surface area (Å²) in [6, 6.07) is 11.3. The lowest BCUT2D eigenvalue weighted by Crippen LogP contribution is -2.53. The van der Waals surface area contributed by atoms with Crippen molar-refractivity contribution < 1.29 is 23.4 Å². The van der Waals surface area contributed by atoms with E-state index in [4.69, 9.17) is 4.74 Å². The molecule has 190 valence electrons. The molecule has 5 nitrogen and oxygen atoms in total. The van der Waals surface area contributed by atoms with Gasteiger partial charge in [-0.15, -0.1) is 0 Å². The van der Waals surface area contributed by atoms with Crippen LogP contribution < -0.4 is 10.6 Å². The van der Waals surface area contributed by atoms with Gasteiger partial charge in [-0.25, -0.2) is 8.78 Å². The highest BCUT2D eigenvalue weighted by Crippen LogP contribution is 2.39. The number of benzene rings is 2. The Kier molecular flexibility index (Phi) is 8.52. The highest BCUT2D eigenvalue weighted by Gasteiger charge is 2.35. The van der Waals surface area contributed by atoms with Gasteiger partial charge in [0.05, 0.1) is 18.8 Å². The van der Waals surface area contributed by atoms with Gasteiger partial charge in [0.1, 0.15) is 11.6 Å².